The van der Waals surface area contributed by atoms with Crippen LogP contribution in [0.1, 0.15) is 16.8 Å². The Hall–Kier alpha value is -1.89. The van der Waals surface area contributed by atoms with E-state index in [0.29, 0.717) is 10.2 Å². The van der Waals surface area contributed by atoms with E-state index in [1.807, 2.05) is 0 Å². The molecule has 0 saturated carbocycles. The van der Waals surface area contributed by atoms with E-state index < -0.39 is 17.9 Å². The highest BCUT2D eigenvalue weighted by atomic mass is 79.9. The number of amides is 1. The number of methoxy groups -OCH3 is 1. The molecule has 1 heterocycles. The quantitative estimate of drug-likeness (QED) is 0.845. The molecule has 1 aliphatic heterocycles. The number of halogens is 1. The summed E-state index contributed by atoms with van der Waals surface area (Å²) in [5.74, 6) is -2.26. The summed E-state index contributed by atoms with van der Waals surface area (Å²) in [6, 6.07) is 4.50. The maximum absolute atomic E-state index is 12.0. The highest BCUT2D eigenvalue weighted by Crippen LogP contribution is 2.29. The maximum atomic E-state index is 12.0. The summed E-state index contributed by atoms with van der Waals surface area (Å²) >= 11 is 3.21. The molecular weight excluding hydrogens is 330 g/mol. The molecule has 7 heteroatoms. The number of rotatable bonds is 3. The lowest BCUT2D eigenvalue weighted by atomic mass is 10.1. The Morgan fingerprint density at radius 3 is 2.70 bits per heavy atom. The van der Waals surface area contributed by atoms with Gasteiger partial charge in [0.1, 0.15) is 0 Å². The number of carboxylic acid groups (broad SMARTS) is 1. The van der Waals surface area contributed by atoms with Crippen LogP contribution < -0.4 is 4.90 Å². The second-order valence-electron chi connectivity index (χ2n) is 4.43. The van der Waals surface area contributed by atoms with Crippen LogP contribution in [-0.4, -0.2) is 36.6 Å². The fraction of sp³-hybridized carbons (Fsp3) is 0.308. The number of benzene rings is 1. The zero-order valence-electron chi connectivity index (χ0n) is 10.6. The van der Waals surface area contributed by atoms with E-state index in [-0.39, 0.29) is 24.4 Å². The predicted molar refractivity (Wildman–Crippen MR) is 73.6 cm³/mol. The summed E-state index contributed by atoms with van der Waals surface area (Å²) in [4.78, 5) is 35.9. The van der Waals surface area contributed by atoms with Gasteiger partial charge in [0, 0.05) is 23.1 Å². The molecule has 1 saturated heterocycles. The Labute approximate surface area is 123 Å². The third kappa shape index (κ3) is 2.82. The third-order valence-corrected chi connectivity index (χ3v) is 3.56. The fourth-order valence-corrected chi connectivity index (χ4v) is 2.62. The van der Waals surface area contributed by atoms with Crippen molar-refractivity contribution in [3.8, 4) is 0 Å². The van der Waals surface area contributed by atoms with Crippen molar-refractivity contribution in [1.82, 2.24) is 0 Å². The largest absolute Gasteiger partial charge is 0.478 e. The maximum Gasteiger partial charge on any atom is 0.335 e. The number of esters is 1. The number of hydrogen-bond donors (Lipinski definition) is 1. The normalized spacial score (nSPS) is 18.2. The van der Waals surface area contributed by atoms with Gasteiger partial charge in [-0.3, -0.25) is 9.59 Å². The number of carbonyl (C=O) groups is 3. The number of aromatic carboxylic acids is 1. The van der Waals surface area contributed by atoms with Crippen molar-refractivity contribution >= 4 is 39.5 Å². The molecule has 1 N–H and O–H groups in total. The first kappa shape index (κ1) is 14.5. The summed E-state index contributed by atoms with van der Waals surface area (Å²) in [6.45, 7) is 0.195. The lowest BCUT2D eigenvalue weighted by molar-refractivity contribution is -0.145. The van der Waals surface area contributed by atoms with Gasteiger partial charge in [0.25, 0.3) is 0 Å². The van der Waals surface area contributed by atoms with Crippen LogP contribution in [-0.2, 0) is 14.3 Å². The first-order chi connectivity index (χ1) is 9.42. The highest BCUT2D eigenvalue weighted by molar-refractivity contribution is 9.10. The van der Waals surface area contributed by atoms with E-state index in [1.54, 1.807) is 6.07 Å². The number of carbonyl (C=O) groups excluding carboxylic acids is 2. The Bertz CT molecular complexity index is 586. The summed E-state index contributed by atoms with van der Waals surface area (Å²) < 4.78 is 5.19. The van der Waals surface area contributed by atoms with Gasteiger partial charge in [-0.2, -0.15) is 0 Å². The van der Waals surface area contributed by atoms with E-state index in [0.717, 1.165) is 0 Å². The van der Waals surface area contributed by atoms with Crippen LogP contribution in [0.4, 0.5) is 5.69 Å². The van der Waals surface area contributed by atoms with Gasteiger partial charge in [-0.05, 0) is 18.2 Å². The number of ether oxygens (including phenoxy) is 1. The summed E-state index contributed by atoms with van der Waals surface area (Å²) in [5.41, 5.74) is 0.525. The van der Waals surface area contributed by atoms with Gasteiger partial charge in [-0.1, -0.05) is 15.9 Å². The second kappa shape index (κ2) is 5.62. The van der Waals surface area contributed by atoms with Crippen LogP contribution in [0.15, 0.2) is 22.7 Å². The van der Waals surface area contributed by atoms with Crippen molar-refractivity contribution < 1.29 is 24.2 Å². The Balaban J connectivity index is 2.30. The molecule has 0 aliphatic carbocycles. The number of hydrogen-bond acceptors (Lipinski definition) is 4. The average molecular weight is 342 g/mol. The molecule has 2 rings (SSSR count). The number of nitrogens with zero attached hydrogens (tertiary/aromatic N) is 1. The van der Waals surface area contributed by atoms with E-state index >= 15 is 0 Å². The summed E-state index contributed by atoms with van der Waals surface area (Å²) in [7, 11) is 1.27. The van der Waals surface area contributed by atoms with Gasteiger partial charge in [0.15, 0.2) is 0 Å². The van der Waals surface area contributed by atoms with Crippen molar-refractivity contribution in [3.63, 3.8) is 0 Å². The predicted octanol–water partition coefficient (Wildman–Crippen LogP) is 1.67. The van der Waals surface area contributed by atoms with Crippen LogP contribution in [0.2, 0.25) is 0 Å². The minimum atomic E-state index is -1.08. The Kier molecular flexibility index (Phi) is 4.08. The van der Waals surface area contributed by atoms with Crippen molar-refractivity contribution in [3.05, 3.63) is 28.2 Å². The van der Waals surface area contributed by atoms with E-state index in [2.05, 4.69) is 20.7 Å². The second-order valence-corrected chi connectivity index (χ2v) is 5.35. The molecule has 20 heavy (non-hydrogen) atoms. The molecule has 1 aliphatic rings. The minimum absolute atomic E-state index is 0.0710. The highest BCUT2D eigenvalue weighted by Gasteiger charge is 2.36. The Morgan fingerprint density at radius 2 is 2.10 bits per heavy atom. The molecular formula is C13H12BrNO5. The molecule has 1 atom stereocenters. The average Bonchev–Trinajstić information content (AvgIpc) is 2.79. The van der Waals surface area contributed by atoms with Crippen molar-refractivity contribution in [2.24, 2.45) is 5.92 Å². The van der Waals surface area contributed by atoms with Gasteiger partial charge in [-0.25, -0.2) is 4.79 Å². The van der Waals surface area contributed by atoms with Gasteiger partial charge in [-0.15, -0.1) is 0 Å². The van der Waals surface area contributed by atoms with E-state index in [9.17, 15) is 14.4 Å². The van der Waals surface area contributed by atoms with Crippen molar-refractivity contribution in [2.45, 2.75) is 6.42 Å². The van der Waals surface area contributed by atoms with Crippen LogP contribution in [0, 0.1) is 5.92 Å². The van der Waals surface area contributed by atoms with Gasteiger partial charge < -0.3 is 14.7 Å². The van der Waals surface area contributed by atoms with Gasteiger partial charge >= 0.3 is 11.9 Å². The van der Waals surface area contributed by atoms with Crippen LogP contribution >= 0.6 is 15.9 Å². The lowest BCUT2D eigenvalue weighted by Crippen LogP contribution is -2.26. The SMILES string of the molecule is COC(=O)C1CC(=O)N(c2cc(Br)cc(C(=O)O)c2)C1. The first-order valence-electron chi connectivity index (χ1n) is 5.84. The van der Waals surface area contributed by atoms with Crippen molar-refractivity contribution in [1.29, 1.82) is 0 Å². The number of carboxylic acids is 1. The summed E-state index contributed by atoms with van der Waals surface area (Å²) in [6.07, 6.45) is 0.0710. The molecule has 1 aromatic carbocycles. The molecule has 1 aromatic rings. The molecule has 1 unspecified atom stereocenters. The molecule has 1 fully saturated rings. The molecule has 106 valence electrons. The first-order valence-corrected chi connectivity index (χ1v) is 6.63. The minimum Gasteiger partial charge on any atom is -0.478 e. The lowest BCUT2D eigenvalue weighted by Gasteiger charge is -2.17. The molecule has 0 bridgehead atoms. The zero-order chi connectivity index (χ0) is 14.9. The number of anilines is 1. The topological polar surface area (TPSA) is 83.9 Å². The van der Waals surface area contributed by atoms with Gasteiger partial charge in [0.2, 0.25) is 5.91 Å². The molecule has 0 aromatic heterocycles. The Morgan fingerprint density at radius 1 is 1.40 bits per heavy atom. The molecule has 6 nitrogen and oxygen atoms in total. The van der Waals surface area contributed by atoms with Crippen LogP contribution in [0.5, 0.6) is 0 Å². The monoisotopic (exact) mass is 341 g/mol. The van der Waals surface area contributed by atoms with Crippen molar-refractivity contribution in [2.75, 3.05) is 18.6 Å². The fourth-order valence-electron chi connectivity index (χ4n) is 2.14. The van der Waals surface area contributed by atoms with E-state index in [1.165, 1.54) is 24.1 Å². The van der Waals surface area contributed by atoms with Crippen LogP contribution in [0.25, 0.3) is 0 Å². The molecule has 0 spiro atoms. The molecule has 0 radical (unpaired) electrons. The third-order valence-electron chi connectivity index (χ3n) is 3.10. The van der Waals surface area contributed by atoms with E-state index in [4.69, 9.17) is 5.11 Å². The smallest absolute Gasteiger partial charge is 0.335 e. The molecule has 1 amide bonds. The zero-order valence-corrected chi connectivity index (χ0v) is 12.2. The summed E-state index contributed by atoms with van der Waals surface area (Å²) in [5, 5.41) is 9.02. The standard InChI is InChI=1S/C13H12BrNO5/c1-20-13(19)8-4-11(16)15(6-8)10-3-7(12(17)18)2-9(14)5-10/h2-3,5,8H,4,6H2,1H3,(H,17,18). The van der Waals surface area contributed by atoms with Gasteiger partial charge in [0.05, 0.1) is 18.6 Å². The van der Waals surface area contributed by atoms with Crippen LogP contribution in [0.3, 0.4) is 0 Å².